The summed E-state index contributed by atoms with van der Waals surface area (Å²) in [4.78, 5) is 0. The molecular weight excluding hydrogens is 476 g/mol. The molecule has 0 bridgehead atoms. The number of hydrogen-bond donors (Lipinski definition) is 3. The Morgan fingerprint density at radius 2 is 1.12 bits per heavy atom. The summed E-state index contributed by atoms with van der Waals surface area (Å²) in [6.45, 7) is 1.36. The largest absolute Gasteiger partial charge is 0.486 e. The van der Waals surface area contributed by atoms with E-state index in [-0.39, 0.29) is 68.2 Å². The predicted octanol–water partition coefficient (Wildman–Crippen LogP) is 4.38. The quantitative estimate of drug-likeness (QED) is 0.186. The van der Waals surface area contributed by atoms with Gasteiger partial charge in [0.1, 0.15) is 6.61 Å². The first kappa shape index (κ1) is 29.3. The molecule has 0 aliphatic heterocycles. The Kier molecular flexibility index (Phi) is 23.6. The van der Waals surface area contributed by atoms with Crippen LogP contribution < -0.4 is 0 Å². The third kappa shape index (κ3) is 16.1. The molecule has 0 aliphatic rings. The third-order valence-corrected chi connectivity index (χ3v) is 5.10. The van der Waals surface area contributed by atoms with Crippen molar-refractivity contribution in [1.29, 1.82) is 0 Å². The van der Waals surface area contributed by atoms with Gasteiger partial charge in [0, 0.05) is 48.2 Å². The van der Waals surface area contributed by atoms with Crippen LogP contribution in [-0.4, -0.2) is 46.8 Å². The molecule has 0 unspecified atom stereocenters. The molecule has 0 atom stereocenters. The minimum atomic E-state index is -0.999. The van der Waals surface area contributed by atoms with Gasteiger partial charge < -0.3 is 20.1 Å². The van der Waals surface area contributed by atoms with Crippen molar-refractivity contribution in [3.05, 3.63) is 0 Å². The topological polar surface area (TPSA) is 69.9 Å². The number of ether oxygens (including phenoxy) is 1. The van der Waals surface area contributed by atoms with Crippen molar-refractivity contribution in [3.63, 3.8) is 0 Å². The summed E-state index contributed by atoms with van der Waals surface area (Å²) in [6, 6.07) is 0. The van der Waals surface area contributed by atoms with Crippen LogP contribution in [0.1, 0.15) is 90.4 Å². The third-order valence-electron chi connectivity index (χ3n) is 4.78. The molecule has 0 rings (SSSR count). The summed E-state index contributed by atoms with van der Waals surface area (Å²) in [7, 11) is 0. The average molecular weight is 517 g/mol. The molecule has 154 valence electrons. The minimum absolute atomic E-state index is 0. The van der Waals surface area contributed by atoms with Crippen molar-refractivity contribution in [1.82, 2.24) is 0 Å². The number of thiocarbonyl (C=S) groups is 1. The Morgan fingerprint density at radius 3 is 1.50 bits per heavy atom. The normalized spacial score (nSPS) is 11.2. The van der Waals surface area contributed by atoms with Crippen LogP contribution in [0.5, 0.6) is 0 Å². The number of rotatable bonds is 18. The minimum Gasteiger partial charge on any atom is -0.486 e. The van der Waals surface area contributed by atoms with E-state index in [2.05, 4.69) is 6.92 Å². The van der Waals surface area contributed by atoms with E-state index >= 15 is 0 Å². The summed E-state index contributed by atoms with van der Waals surface area (Å²) in [6.07, 6.45) is 16.4. The van der Waals surface area contributed by atoms with E-state index in [0.717, 1.165) is 19.3 Å². The first-order valence-electron chi connectivity index (χ1n) is 10.1. The first-order valence-corrected chi connectivity index (χ1v) is 10.5. The van der Waals surface area contributed by atoms with Gasteiger partial charge >= 0.3 is 0 Å². The van der Waals surface area contributed by atoms with Crippen molar-refractivity contribution in [2.24, 2.45) is 5.41 Å². The molecule has 0 amide bonds. The van der Waals surface area contributed by atoms with Crippen molar-refractivity contribution < 1.29 is 61.8 Å². The second kappa shape index (κ2) is 20.9. The fourth-order valence-electron chi connectivity index (χ4n) is 2.70. The van der Waals surface area contributed by atoms with Gasteiger partial charge in [0.15, 0.2) is 5.05 Å². The number of unbranched alkanes of at least 4 members (excludes halogenated alkanes) is 11. The number of aliphatic hydroxyl groups is 3. The number of aliphatic hydroxyl groups excluding tert-OH is 3. The van der Waals surface area contributed by atoms with Crippen LogP contribution in [0.4, 0.5) is 0 Å². The standard InChI is InChI=1S/C20H40O4S.Ce/c1-2-3-4-5-6-7-8-9-10-11-12-13-14-19(25)24-18-20(15-21,16-22)17-23;/h21-23H,2-18H2,1H3;. The van der Waals surface area contributed by atoms with Crippen LogP contribution in [0.25, 0.3) is 0 Å². The summed E-state index contributed by atoms with van der Waals surface area (Å²) in [5.74, 6) is 0. The zero-order valence-electron chi connectivity index (χ0n) is 16.7. The molecule has 3 N–H and O–H groups in total. The second-order valence-corrected chi connectivity index (χ2v) is 7.73. The predicted molar refractivity (Wildman–Crippen MR) is 108 cm³/mol. The molecule has 0 heterocycles. The fourth-order valence-corrected chi connectivity index (χ4v) is 2.91. The number of hydrogen-bond acceptors (Lipinski definition) is 5. The molecular formula is C20H40CeO4S. The van der Waals surface area contributed by atoms with E-state index in [1.165, 1.54) is 64.2 Å². The van der Waals surface area contributed by atoms with Gasteiger partial charge in [-0.05, 0) is 18.6 Å². The van der Waals surface area contributed by atoms with Gasteiger partial charge in [-0.15, -0.1) is 0 Å². The van der Waals surface area contributed by atoms with Gasteiger partial charge in [-0.3, -0.25) is 0 Å². The maximum Gasteiger partial charge on any atom is 0.159 e. The molecule has 0 radical (unpaired) electrons. The van der Waals surface area contributed by atoms with Crippen LogP contribution in [0.3, 0.4) is 0 Å². The molecule has 0 saturated heterocycles. The summed E-state index contributed by atoms with van der Waals surface area (Å²) in [5, 5.41) is 28.2. The van der Waals surface area contributed by atoms with E-state index in [0.29, 0.717) is 5.05 Å². The Morgan fingerprint density at radius 1 is 0.731 bits per heavy atom. The fraction of sp³-hybridized carbons (Fsp3) is 0.950. The Labute approximate surface area is 199 Å². The Hall–Kier alpha value is 1.15. The molecule has 0 saturated carbocycles. The van der Waals surface area contributed by atoms with Crippen molar-refractivity contribution in [3.8, 4) is 0 Å². The van der Waals surface area contributed by atoms with Gasteiger partial charge in [-0.1, -0.05) is 77.6 Å². The van der Waals surface area contributed by atoms with Gasteiger partial charge in [-0.25, -0.2) is 0 Å². The molecule has 0 aliphatic carbocycles. The zero-order chi connectivity index (χ0) is 18.8. The SMILES string of the molecule is CCCCCCCCCCCCCCC(=S)OCC(CO)(CO)CO.[Ce]. The summed E-state index contributed by atoms with van der Waals surface area (Å²) >= 11 is 5.18. The van der Waals surface area contributed by atoms with E-state index < -0.39 is 5.41 Å². The van der Waals surface area contributed by atoms with Crippen molar-refractivity contribution in [2.75, 3.05) is 26.4 Å². The van der Waals surface area contributed by atoms with E-state index in [1.54, 1.807) is 0 Å². The summed E-state index contributed by atoms with van der Waals surface area (Å²) < 4.78 is 5.43. The van der Waals surface area contributed by atoms with Gasteiger partial charge in [0.25, 0.3) is 0 Å². The first-order chi connectivity index (χ1) is 12.1. The molecule has 0 aromatic rings. The summed E-state index contributed by atoms with van der Waals surface area (Å²) in [5.41, 5.74) is -0.999. The van der Waals surface area contributed by atoms with Crippen LogP contribution in [-0.2, 0) is 4.74 Å². The van der Waals surface area contributed by atoms with Crippen LogP contribution in [0, 0.1) is 47.2 Å². The van der Waals surface area contributed by atoms with Gasteiger partial charge in [0.05, 0.1) is 25.2 Å². The van der Waals surface area contributed by atoms with Crippen molar-refractivity contribution in [2.45, 2.75) is 90.4 Å². The maximum atomic E-state index is 9.23. The van der Waals surface area contributed by atoms with Crippen LogP contribution in [0.2, 0.25) is 0 Å². The molecule has 6 heteroatoms. The molecule has 26 heavy (non-hydrogen) atoms. The van der Waals surface area contributed by atoms with Crippen LogP contribution in [0.15, 0.2) is 0 Å². The monoisotopic (exact) mass is 516 g/mol. The zero-order valence-corrected chi connectivity index (χ0v) is 20.6. The average Bonchev–Trinajstić information content (AvgIpc) is 2.64. The Balaban J connectivity index is 0. The smallest absolute Gasteiger partial charge is 0.159 e. The Bertz CT molecular complexity index is 304. The maximum absolute atomic E-state index is 9.23. The van der Waals surface area contributed by atoms with E-state index in [4.69, 9.17) is 17.0 Å². The van der Waals surface area contributed by atoms with E-state index in [1.807, 2.05) is 0 Å². The van der Waals surface area contributed by atoms with Gasteiger partial charge in [0.2, 0.25) is 0 Å². The van der Waals surface area contributed by atoms with E-state index in [9.17, 15) is 15.3 Å². The molecule has 0 spiro atoms. The van der Waals surface area contributed by atoms with Crippen molar-refractivity contribution >= 4 is 17.3 Å². The molecule has 0 fully saturated rings. The van der Waals surface area contributed by atoms with Crippen LogP contribution >= 0.6 is 12.2 Å². The molecule has 4 nitrogen and oxygen atoms in total. The molecule has 0 aromatic carbocycles. The van der Waals surface area contributed by atoms with Gasteiger partial charge in [-0.2, -0.15) is 0 Å². The molecule has 0 aromatic heterocycles. The second-order valence-electron chi connectivity index (χ2n) is 7.27.